The van der Waals surface area contributed by atoms with Crippen molar-refractivity contribution in [2.45, 2.75) is 11.0 Å². The largest absolute Gasteiger partial charge is 0.517 e. The molecule has 0 aromatic carbocycles. The zero-order valence-corrected chi connectivity index (χ0v) is 12.9. The number of nitrogens with zero attached hydrogens (tertiary/aromatic N) is 2. The van der Waals surface area contributed by atoms with Crippen molar-refractivity contribution in [1.82, 2.24) is 3.71 Å². The first kappa shape index (κ1) is 20.9. The minimum absolute atomic E-state index is 0.615. The molecule has 0 atom stereocenters. The lowest BCUT2D eigenvalue weighted by Gasteiger charge is -2.28. The minimum atomic E-state index is -7.09. The highest BCUT2D eigenvalue weighted by molar-refractivity contribution is 8.05. The molecule has 22 heavy (non-hydrogen) atoms. The van der Waals surface area contributed by atoms with Gasteiger partial charge in [0.25, 0.3) is 0 Å². The van der Waals surface area contributed by atoms with Gasteiger partial charge in [0.1, 0.15) is 0 Å². The lowest BCUT2D eigenvalue weighted by molar-refractivity contribution is -0.862. The van der Waals surface area contributed by atoms with Gasteiger partial charge in [-0.15, -0.1) is 3.71 Å². The maximum Gasteiger partial charge on any atom is 0.517 e. The summed E-state index contributed by atoms with van der Waals surface area (Å²) in [6, 6.07) is 0. The van der Waals surface area contributed by atoms with Crippen LogP contribution in [0.1, 0.15) is 0 Å². The summed E-state index contributed by atoms with van der Waals surface area (Å²) in [6.45, 7) is -1.25. The van der Waals surface area contributed by atoms with Crippen molar-refractivity contribution in [3.05, 3.63) is 0 Å². The van der Waals surface area contributed by atoms with Gasteiger partial charge in [0.15, 0.2) is 6.54 Å². The molecular formula is C7H11F6N2O5S2+. The SMILES string of the molecule is C[N+](C)(C)CC(=O)N(S(=O)(=O)C(F)(F)F)S(=O)(=O)C(F)(F)F. The molecule has 0 aliphatic heterocycles. The molecule has 0 radical (unpaired) electrons. The Kier molecular flexibility index (Phi) is 5.25. The van der Waals surface area contributed by atoms with Crippen LogP contribution in [0, 0.1) is 0 Å². The highest BCUT2D eigenvalue weighted by atomic mass is 32.3. The molecule has 15 heteroatoms. The summed E-state index contributed by atoms with van der Waals surface area (Å²) in [5, 5.41) is 0. The quantitative estimate of drug-likeness (QED) is 0.514. The average Bonchev–Trinajstić information content (AvgIpc) is 2.08. The molecule has 1 amide bonds. The normalized spacial score (nSPS) is 14.8. The third kappa shape index (κ3) is 4.22. The van der Waals surface area contributed by atoms with E-state index in [0.717, 1.165) is 21.1 Å². The fraction of sp³-hybridized carbons (Fsp3) is 0.857. The Balaban J connectivity index is 6.36. The van der Waals surface area contributed by atoms with Gasteiger partial charge in [-0.1, -0.05) is 0 Å². The number of halogens is 6. The maximum atomic E-state index is 12.4. The smallest absolute Gasteiger partial charge is 0.323 e. The van der Waals surface area contributed by atoms with Gasteiger partial charge >= 0.3 is 37.0 Å². The highest BCUT2D eigenvalue weighted by Crippen LogP contribution is 2.35. The summed E-state index contributed by atoms with van der Waals surface area (Å²) in [5.74, 6) is -2.39. The van der Waals surface area contributed by atoms with Crippen LogP contribution >= 0.6 is 0 Å². The summed E-state index contributed by atoms with van der Waals surface area (Å²) in [7, 11) is -10.8. The number of hydrogen-bond acceptors (Lipinski definition) is 5. The molecule has 0 aliphatic carbocycles. The summed E-state index contributed by atoms with van der Waals surface area (Å²) >= 11 is 0. The molecule has 0 bridgehead atoms. The molecule has 0 rings (SSSR count). The zero-order chi connectivity index (χ0) is 18.4. The Morgan fingerprint density at radius 2 is 1.14 bits per heavy atom. The zero-order valence-electron chi connectivity index (χ0n) is 11.2. The standard InChI is InChI=1S/C7H11F6N2O5S2/c1-15(2,3)4-5(16)14(21(17,18)6(8,9)10)22(19,20)7(11,12)13/h4H2,1-3H3/q+1. The van der Waals surface area contributed by atoms with Crippen LogP contribution in [0.15, 0.2) is 0 Å². The molecule has 7 nitrogen and oxygen atoms in total. The third-order valence-electron chi connectivity index (χ3n) is 1.83. The Morgan fingerprint density at radius 1 is 0.864 bits per heavy atom. The van der Waals surface area contributed by atoms with Crippen LogP contribution in [0.2, 0.25) is 0 Å². The summed E-state index contributed by atoms with van der Waals surface area (Å²) < 4.78 is 116. The lowest BCUT2D eigenvalue weighted by atomic mass is 10.5. The van der Waals surface area contributed by atoms with Crippen molar-refractivity contribution < 1.29 is 52.5 Å². The monoisotopic (exact) mass is 381 g/mol. The van der Waals surface area contributed by atoms with E-state index in [0.29, 0.717) is 0 Å². The van der Waals surface area contributed by atoms with Crippen molar-refractivity contribution in [1.29, 1.82) is 0 Å². The molecule has 0 aliphatic rings. The van der Waals surface area contributed by atoms with Gasteiger partial charge in [-0.3, -0.25) is 4.79 Å². The molecule has 0 heterocycles. The van der Waals surface area contributed by atoms with E-state index in [1.54, 1.807) is 0 Å². The molecule has 0 saturated carbocycles. The Labute approximate surface area is 121 Å². The van der Waals surface area contributed by atoms with Gasteiger partial charge in [-0.2, -0.15) is 43.2 Å². The number of rotatable bonds is 4. The third-order valence-corrected chi connectivity index (χ3v) is 5.46. The van der Waals surface area contributed by atoms with Crippen LogP contribution in [0.4, 0.5) is 26.3 Å². The number of carbonyl (C=O) groups excluding carboxylic acids is 1. The van der Waals surface area contributed by atoms with Crippen LogP contribution in [0.25, 0.3) is 0 Å². The Hall–Kier alpha value is -1.09. The molecule has 0 aromatic rings. The summed E-state index contributed by atoms with van der Waals surface area (Å²) in [6.07, 6.45) is 0. The van der Waals surface area contributed by atoms with Crippen molar-refractivity contribution in [3.63, 3.8) is 0 Å². The number of sulfonamides is 2. The maximum absolute atomic E-state index is 12.4. The van der Waals surface area contributed by atoms with Gasteiger partial charge in [-0.25, -0.2) is 0 Å². The summed E-state index contributed by atoms with van der Waals surface area (Å²) in [4.78, 5) is 11.5. The topological polar surface area (TPSA) is 88.6 Å². The number of quaternary nitrogens is 1. The van der Waals surface area contributed by atoms with Crippen LogP contribution in [0.3, 0.4) is 0 Å². The number of hydrogen-bond donors (Lipinski definition) is 0. The van der Waals surface area contributed by atoms with E-state index in [4.69, 9.17) is 0 Å². The van der Waals surface area contributed by atoms with Crippen molar-refractivity contribution in [2.24, 2.45) is 0 Å². The van der Waals surface area contributed by atoms with E-state index in [1.807, 2.05) is 0 Å². The second-order valence-electron chi connectivity index (χ2n) is 4.94. The first-order valence-corrected chi connectivity index (χ1v) is 7.89. The van der Waals surface area contributed by atoms with Gasteiger partial charge in [0.05, 0.1) is 21.1 Å². The van der Waals surface area contributed by atoms with Crippen molar-refractivity contribution >= 4 is 26.0 Å². The van der Waals surface area contributed by atoms with E-state index in [1.165, 1.54) is 0 Å². The molecule has 0 spiro atoms. The van der Waals surface area contributed by atoms with Gasteiger partial charge in [0.2, 0.25) is 0 Å². The summed E-state index contributed by atoms with van der Waals surface area (Å²) in [5.41, 5.74) is -12.8. The molecule has 0 unspecified atom stereocenters. The number of likely N-dealkylation sites (N-methyl/N-ethyl adjacent to an activating group) is 1. The molecule has 132 valence electrons. The first-order valence-electron chi connectivity index (χ1n) is 5.01. The molecule has 0 fully saturated rings. The van der Waals surface area contributed by atoms with Crippen molar-refractivity contribution in [2.75, 3.05) is 27.7 Å². The first-order chi connectivity index (χ1) is 9.25. The van der Waals surface area contributed by atoms with Crippen LogP contribution in [0.5, 0.6) is 0 Å². The minimum Gasteiger partial charge on any atom is -0.323 e. The van der Waals surface area contributed by atoms with E-state index in [-0.39, 0.29) is 0 Å². The van der Waals surface area contributed by atoms with E-state index >= 15 is 0 Å². The molecule has 0 aromatic heterocycles. The second-order valence-corrected chi connectivity index (χ2v) is 8.73. The fourth-order valence-electron chi connectivity index (χ4n) is 1.05. The van der Waals surface area contributed by atoms with Gasteiger partial charge < -0.3 is 4.48 Å². The predicted octanol–water partition coefficient (Wildman–Crippen LogP) is 0.220. The second kappa shape index (κ2) is 5.52. The average molecular weight is 381 g/mol. The molecular weight excluding hydrogens is 370 g/mol. The van der Waals surface area contributed by atoms with Crippen molar-refractivity contribution in [3.8, 4) is 0 Å². The molecule has 0 N–H and O–H groups in total. The predicted molar refractivity (Wildman–Crippen MR) is 59.7 cm³/mol. The van der Waals surface area contributed by atoms with E-state index in [2.05, 4.69) is 0 Å². The number of amides is 1. The molecule has 0 saturated heterocycles. The van der Waals surface area contributed by atoms with Crippen LogP contribution in [-0.2, 0) is 24.8 Å². The number of alkyl halides is 6. The van der Waals surface area contributed by atoms with E-state index < -0.39 is 51.7 Å². The fourth-order valence-corrected chi connectivity index (χ4v) is 3.62. The van der Waals surface area contributed by atoms with Crippen LogP contribution < -0.4 is 0 Å². The Bertz CT molecular complexity index is 598. The van der Waals surface area contributed by atoms with Crippen LogP contribution in [-0.4, -0.2) is 69.6 Å². The van der Waals surface area contributed by atoms with E-state index in [9.17, 15) is 48.0 Å². The lowest BCUT2D eigenvalue weighted by Crippen LogP contribution is -2.56. The highest BCUT2D eigenvalue weighted by Gasteiger charge is 2.63. The van der Waals surface area contributed by atoms with Gasteiger partial charge in [0, 0.05) is 0 Å². The van der Waals surface area contributed by atoms with Gasteiger partial charge in [-0.05, 0) is 0 Å². The number of carbonyl (C=O) groups is 1. The Morgan fingerprint density at radius 3 is 1.32 bits per heavy atom.